The van der Waals surface area contributed by atoms with Crippen LogP contribution < -0.4 is 15.4 Å². The van der Waals surface area contributed by atoms with Crippen molar-refractivity contribution in [1.82, 2.24) is 10.6 Å². The van der Waals surface area contributed by atoms with Crippen molar-refractivity contribution in [2.24, 2.45) is 0 Å². The van der Waals surface area contributed by atoms with Crippen LogP contribution in [0.25, 0.3) is 0 Å². The van der Waals surface area contributed by atoms with Gasteiger partial charge in [-0.15, -0.1) is 0 Å². The third kappa shape index (κ3) is 5.91. The second kappa shape index (κ2) is 9.35. The molecule has 24 heavy (non-hydrogen) atoms. The van der Waals surface area contributed by atoms with Gasteiger partial charge in [-0.1, -0.05) is 29.8 Å². The number of aryl methyl sites for hydroxylation is 1. The first-order valence-corrected chi connectivity index (χ1v) is 8.49. The van der Waals surface area contributed by atoms with Crippen molar-refractivity contribution in [2.75, 3.05) is 13.7 Å². The van der Waals surface area contributed by atoms with E-state index in [1.165, 1.54) is 12.7 Å². The Morgan fingerprint density at radius 1 is 1.17 bits per heavy atom. The molecule has 0 radical (unpaired) electrons. The lowest BCUT2D eigenvalue weighted by Gasteiger charge is -2.11. The van der Waals surface area contributed by atoms with Crippen LogP contribution in [0.3, 0.4) is 0 Å². The Kier molecular flexibility index (Phi) is 7.15. The van der Waals surface area contributed by atoms with Crippen LogP contribution in [0.2, 0.25) is 5.02 Å². The minimum Gasteiger partial charge on any atom is -0.504 e. The van der Waals surface area contributed by atoms with Gasteiger partial charge in [-0.2, -0.15) is 0 Å². The quantitative estimate of drug-likeness (QED) is 0.517. The molecule has 0 fully saturated rings. The Morgan fingerprint density at radius 2 is 2.00 bits per heavy atom. The molecule has 3 N–H and O–H groups in total. The lowest BCUT2D eigenvalue weighted by molar-refractivity contribution is 0.373. The highest BCUT2D eigenvalue weighted by Crippen LogP contribution is 2.26. The van der Waals surface area contributed by atoms with Gasteiger partial charge in [0.25, 0.3) is 0 Å². The second-order valence-corrected chi connectivity index (χ2v) is 6.19. The van der Waals surface area contributed by atoms with E-state index in [4.69, 9.17) is 28.6 Å². The van der Waals surface area contributed by atoms with Crippen molar-refractivity contribution < 1.29 is 9.84 Å². The van der Waals surface area contributed by atoms with Crippen molar-refractivity contribution in [2.45, 2.75) is 19.4 Å². The predicted octanol–water partition coefficient (Wildman–Crippen LogP) is 3.65. The predicted molar refractivity (Wildman–Crippen MR) is 102 cm³/mol. The number of hydrogen-bond acceptors (Lipinski definition) is 3. The Bertz CT molecular complexity index is 694. The Hall–Kier alpha value is -1.98. The highest BCUT2D eigenvalue weighted by Gasteiger charge is 2.03. The first-order valence-electron chi connectivity index (χ1n) is 7.70. The third-order valence-electron chi connectivity index (χ3n) is 3.51. The van der Waals surface area contributed by atoms with E-state index >= 15 is 0 Å². The van der Waals surface area contributed by atoms with Gasteiger partial charge in [0, 0.05) is 18.1 Å². The van der Waals surface area contributed by atoms with Crippen LogP contribution in [0.15, 0.2) is 42.5 Å². The van der Waals surface area contributed by atoms with E-state index in [0.29, 0.717) is 17.4 Å². The van der Waals surface area contributed by atoms with E-state index in [1.54, 1.807) is 12.1 Å². The van der Waals surface area contributed by atoms with Crippen LogP contribution in [0.5, 0.6) is 11.5 Å². The molecule has 0 heterocycles. The molecule has 4 nitrogen and oxygen atoms in total. The first kappa shape index (κ1) is 18.4. The molecule has 0 atom stereocenters. The minimum absolute atomic E-state index is 0.128. The summed E-state index contributed by atoms with van der Waals surface area (Å²) in [4.78, 5) is 0. The van der Waals surface area contributed by atoms with Gasteiger partial charge < -0.3 is 20.5 Å². The van der Waals surface area contributed by atoms with Gasteiger partial charge in [-0.25, -0.2) is 0 Å². The van der Waals surface area contributed by atoms with E-state index < -0.39 is 0 Å². The number of ether oxygens (including phenoxy) is 1. The fourth-order valence-electron chi connectivity index (χ4n) is 2.26. The molecule has 0 aromatic heterocycles. The van der Waals surface area contributed by atoms with Crippen LogP contribution >= 0.6 is 23.8 Å². The zero-order valence-corrected chi connectivity index (χ0v) is 15.1. The van der Waals surface area contributed by atoms with Gasteiger partial charge in [0.2, 0.25) is 0 Å². The molecule has 0 bridgehead atoms. The molecule has 6 heteroatoms. The molecule has 2 rings (SSSR count). The number of methoxy groups -OCH3 is 1. The molecule has 0 aliphatic carbocycles. The van der Waals surface area contributed by atoms with Crippen molar-refractivity contribution >= 4 is 28.9 Å². The smallest absolute Gasteiger partial charge is 0.166 e. The van der Waals surface area contributed by atoms with E-state index in [-0.39, 0.29) is 5.75 Å². The summed E-state index contributed by atoms with van der Waals surface area (Å²) in [6, 6.07) is 13.1. The molecule has 0 spiro atoms. The summed E-state index contributed by atoms with van der Waals surface area (Å²) in [5.74, 6) is 0.581. The van der Waals surface area contributed by atoms with E-state index in [2.05, 4.69) is 16.7 Å². The summed E-state index contributed by atoms with van der Waals surface area (Å²) in [5.41, 5.74) is 2.20. The number of thiocarbonyl (C=S) groups is 1. The SMILES string of the molecule is COc1cc(CNC(=S)NCCCc2cccc(Cl)c2)ccc1O. The molecule has 0 aliphatic rings. The summed E-state index contributed by atoms with van der Waals surface area (Å²) in [6.07, 6.45) is 1.92. The maximum atomic E-state index is 9.57. The van der Waals surface area contributed by atoms with Crippen LogP contribution in [-0.2, 0) is 13.0 Å². The molecular formula is C18H21ClN2O2S. The Balaban J connectivity index is 1.68. The summed E-state index contributed by atoms with van der Waals surface area (Å²) < 4.78 is 5.09. The monoisotopic (exact) mass is 364 g/mol. The van der Waals surface area contributed by atoms with Gasteiger partial charge in [0.1, 0.15) is 0 Å². The van der Waals surface area contributed by atoms with Crippen LogP contribution in [0.4, 0.5) is 0 Å². The number of hydrogen-bond donors (Lipinski definition) is 3. The highest BCUT2D eigenvalue weighted by molar-refractivity contribution is 7.80. The third-order valence-corrected chi connectivity index (χ3v) is 4.04. The largest absolute Gasteiger partial charge is 0.504 e. The fourth-order valence-corrected chi connectivity index (χ4v) is 2.65. The first-order chi connectivity index (χ1) is 11.6. The number of phenols is 1. The number of aromatic hydroxyl groups is 1. The molecule has 2 aromatic rings. The van der Waals surface area contributed by atoms with Crippen molar-refractivity contribution in [3.8, 4) is 11.5 Å². The number of rotatable bonds is 7. The van der Waals surface area contributed by atoms with Gasteiger partial charge in [-0.05, 0) is 60.5 Å². The zero-order valence-electron chi connectivity index (χ0n) is 13.5. The van der Waals surface area contributed by atoms with Crippen molar-refractivity contribution in [3.05, 3.63) is 58.6 Å². The summed E-state index contributed by atoms with van der Waals surface area (Å²) >= 11 is 11.2. The number of phenolic OH excluding ortho intramolecular Hbond substituents is 1. The highest BCUT2D eigenvalue weighted by atomic mass is 35.5. The van der Waals surface area contributed by atoms with Gasteiger partial charge in [0.05, 0.1) is 7.11 Å². The number of halogens is 1. The standard InChI is InChI=1S/C18H21ClN2O2S/c1-23-17-11-14(7-8-16(17)22)12-21-18(24)20-9-3-5-13-4-2-6-15(19)10-13/h2,4,6-8,10-11,22H,3,5,9,12H2,1H3,(H2,20,21,24). The molecule has 2 aromatic carbocycles. The lowest BCUT2D eigenvalue weighted by atomic mass is 10.1. The molecule has 0 saturated carbocycles. The average Bonchev–Trinajstić information content (AvgIpc) is 2.58. The summed E-state index contributed by atoms with van der Waals surface area (Å²) in [5, 5.41) is 17.3. The van der Waals surface area contributed by atoms with Gasteiger partial charge >= 0.3 is 0 Å². The molecule has 0 aliphatic heterocycles. The lowest BCUT2D eigenvalue weighted by Crippen LogP contribution is -2.35. The van der Waals surface area contributed by atoms with Crippen LogP contribution in [0.1, 0.15) is 17.5 Å². The Morgan fingerprint density at radius 3 is 2.75 bits per heavy atom. The normalized spacial score (nSPS) is 10.2. The van der Waals surface area contributed by atoms with E-state index in [0.717, 1.165) is 30.0 Å². The van der Waals surface area contributed by atoms with E-state index in [1.807, 2.05) is 24.3 Å². The average molecular weight is 365 g/mol. The maximum absolute atomic E-state index is 9.57. The minimum atomic E-state index is 0.128. The fraction of sp³-hybridized carbons (Fsp3) is 0.278. The van der Waals surface area contributed by atoms with Crippen molar-refractivity contribution in [3.63, 3.8) is 0 Å². The van der Waals surface area contributed by atoms with Crippen LogP contribution in [0, 0.1) is 0 Å². The summed E-state index contributed by atoms with van der Waals surface area (Å²) in [7, 11) is 1.53. The maximum Gasteiger partial charge on any atom is 0.166 e. The Labute approximate surface area is 152 Å². The molecular weight excluding hydrogens is 344 g/mol. The van der Waals surface area contributed by atoms with Crippen molar-refractivity contribution in [1.29, 1.82) is 0 Å². The number of benzene rings is 2. The zero-order chi connectivity index (χ0) is 17.4. The van der Waals surface area contributed by atoms with Crippen LogP contribution in [-0.4, -0.2) is 23.9 Å². The van der Waals surface area contributed by atoms with Gasteiger partial charge in [-0.3, -0.25) is 0 Å². The summed E-state index contributed by atoms with van der Waals surface area (Å²) in [6.45, 7) is 1.36. The molecule has 128 valence electrons. The molecule has 0 unspecified atom stereocenters. The van der Waals surface area contributed by atoms with Gasteiger partial charge in [0.15, 0.2) is 16.6 Å². The topological polar surface area (TPSA) is 53.5 Å². The molecule has 0 amide bonds. The van der Waals surface area contributed by atoms with E-state index in [9.17, 15) is 5.11 Å². The number of nitrogens with one attached hydrogen (secondary N) is 2. The molecule has 0 saturated heterocycles. The second-order valence-electron chi connectivity index (χ2n) is 5.35.